The normalized spacial score (nSPS) is 17.3. The molecule has 6 aromatic carbocycles. The average Bonchev–Trinajstić information content (AvgIpc) is 3.85. The number of benzene rings is 6. The Morgan fingerprint density at radius 2 is 0.887 bits per heavy atom. The zero-order valence-electron chi connectivity index (χ0n) is 30.1. The first-order chi connectivity index (χ1) is 25.9. The van der Waals surface area contributed by atoms with Gasteiger partial charge in [-0.15, -0.1) is 0 Å². The number of hydrogen-bond donors (Lipinski definition) is 0. The van der Waals surface area contributed by atoms with Crippen molar-refractivity contribution < 1.29 is 42.6 Å². The molecule has 0 aliphatic carbocycles. The van der Waals surface area contributed by atoms with Gasteiger partial charge >= 0.3 is 0 Å². The Balaban J connectivity index is 1.22. The van der Waals surface area contributed by atoms with Crippen molar-refractivity contribution in [2.75, 3.05) is 65.9 Å². The van der Waals surface area contributed by atoms with E-state index in [0.29, 0.717) is 34.5 Å². The molecule has 0 N–H and O–H groups in total. The van der Waals surface area contributed by atoms with Crippen molar-refractivity contribution in [3.8, 4) is 68.2 Å². The van der Waals surface area contributed by atoms with Crippen LogP contribution in [0.25, 0.3) is 43.8 Å². The van der Waals surface area contributed by atoms with E-state index in [1.807, 2.05) is 38.4 Å². The van der Waals surface area contributed by atoms with Crippen LogP contribution in [0.3, 0.4) is 0 Å². The molecule has 6 aromatic rings. The Morgan fingerprint density at radius 3 is 1.28 bits per heavy atom. The highest BCUT2D eigenvalue weighted by molar-refractivity contribution is 6.07. The summed E-state index contributed by atoms with van der Waals surface area (Å²) in [7, 11) is 10.7. The summed E-state index contributed by atoms with van der Waals surface area (Å²) in [5, 5.41) is 4.06. The molecule has 0 aromatic heterocycles. The molecular weight excluding hydrogens is 676 g/mol. The third-order valence-electron chi connectivity index (χ3n) is 10.9. The van der Waals surface area contributed by atoms with Gasteiger partial charge in [-0.1, -0.05) is 24.3 Å². The van der Waals surface area contributed by atoms with Crippen molar-refractivity contribution in [2.24, 2.45) is 0 Å². The van der Waals surface area contributed by atoms with Gasteiger partial charge in [0, 0.05) is 36.0 Å². The minimum atomic E-state index is -0.674. The van der Waals surface area contributed by atoms with Crippen LogP contribution in [0.1, 0.15) is 23.6 Å². The Kier molecular flexibility index (Phi) is 6.93. The molecule has 0 spiro atoms. The van der Waals surface area contributed by atoms with Crippen LogP contribution in [-0.4, -0.2) is 56.1 Å². The zero-order valence-corrected chi connectivity index (χ0v) is 30.1. The van der Waals surface area contributed by atoms with Gasteiger partial charge in [0.15, 0.2) is 58.5 Å². The second-order valence-electron chi connectivity index (χ2n) is 13.4. The van der Waals surface area contributed by atoms with Crippen LogP contribution < -0.4 is 47.7 Å². The summed E-state index contributed by atoms with van der Waals surface area (Å²) in [6, 6.07) is 24.7. The summed E-state index contributed by atoms with van der Waals surface area (Å²) in [4.78, 5) is 4.34. The smallest absolute Gasteiger partial charge is 0.231 e. The Labute approximate surface area is 305 Å². The van der Waals surface area contributed by atoms with Gasteiger partial charge in [0.1, 0.15) is 0 Å². The largest absolute Gasteiger partial charge is 0.493 e. The molecule has 0 saturated heterocycles. The molecule has 0 unspecified atom stereocenters. The molecule has 10 rings (SSSR count). The van der Waals surface area contributed by atoms with Crippen LogP contribution in [0.5, 0.6) is 46.0 Å². The van der Waals surface area contributed by atoms with Gasteiger partial charge in [0.2, 0.25) is 13.6 Å². The van der Waals surface area contributed by atoms with Gasteiger partial charge < -0.3 is 52.4 Å². The zero-order chi connectivity index (χ0) is 36.1. The van der Waals surface area contributed by atoms with Crippen molar-refractivity contribution in [1.82, 2.24) is 0 Å². The maximum absolute atomic E-state index is 7.56. The average molecular weight is 713 g/mol. The predicted molar refractivity (Wildman–Crippen MR) is 201 cm³/mol. The quantitative estimate of drug-likeness (QED) is 0.167. The lowest BCUT2D eigenvalue weighted by Crippen LogP contribution is -2.38. The lowest BCUT2D eigenvalue weighted by molar-refractivity contribution is -0.0164. The van der Waals surface area contributed by atoms with Crippen LogP contribution in [0.15, 0.2) is 72.8 Å². The number of nitrogens with zero attached hydrogens (tertiary/aromatic N) is 2. The number of hydrogen-bond acceptors (Lipinski definition) is 11. The Bertz CT molecular complexity index is 2340. The molecule has 11 heteroatoms. The standard InChI is InChI=1S/C42H36N2O9/c1-43-37-25(9-7-21-15-31-33(17-27(21)37)51-19-49-31)23-11-13-29(45-3)39(47-5)35(23)41(43)53-42-36-24(12-14-30(46-4)40(36)48-6)26-10-8-22-16-32-34(52-20-50-32)18-28(22)38(26)44(42)2/h7-18,41-42H,19-20H2,1-6H3/t41-,42-/m0/s1. The Morgan fingerprint density at radius 1 is 0.491 bits per heavy atom. The van der Waals surface area contributed by atoms with E-state index >= 15 is 0 Å². The van der Waals surface area contributed by atoms with E-state index in [1.165, 1.54) is 0 Å². The fourth-order valence-electron chi connectivity index (χ4n) is 8.51. The molecule has 4 aliphatic heterocycles. The van der Waals surface area contributed by atoms with E-state index in [4.69, 9.17) is 42.6 Å². The number of anilines is 2. The predicted octanol–water partition coefficient (Wildman–Crippen LogP) is 8.43. The van der Waals surface area contributed by atoms with Crippen LogP contribution in [-0.2, 0) is 4.74 Å². The molecule has 0 radical (unpaired) electrons. The van der Waals surface area contributed by atoms with Crippen LogP contribution in [0.4, 0.5) is 11.4 Å². The lowest BCUT2D eigenvalue weighted by atomic mass is 9.87. The minimum Gasteiger partial charge on any atom is -0.493 e. The van der Waals surface area contributed by atoms with Gasteiger partial charge in [-0.2, -0.15) is 0 Å². The number of fused-ring (bicyclic) bond motifs is 12. The molecule has 53 heavy (non-hydrogen) atoms. The van der Waals surface area contributed by atoms with Crippen LogP contribution >= 0.6 is 0 Å². The molecule has 11 nitrogen and oxygen atoms in total. The summed E-state index contributed by atoms with van der Waals surface area (Å²) in [6.45, 7) is 0.373. The van der Waals surface area contributed by atoms with Crippen molar-refractivity contribution in [3.05, 3.63) is 83.9 Å². The Hall–Kier alpha value is -6.20. The van der Waals surface area contributed by atoms with Gasteiger partial charge in [-0.3, -0.25) is 0 Å². The van der Waals surface area contributed by atoms with Crippen LogP contribution in [0, 0.1) is 0 Å². The molecule has 268 valence electrons. The maximum Gasteiger partial charge on any atom is 0.231 e. The molecule has 4 aliphatic rings. The number of ether oxygens (including phenoxy) is 9. The fraction of sp³-hybridized carbons (Fsp3) is 0.238. The van der Waals surface area contributed by atoms with E-state index in [0.717, 1.165) is 77.8 Å². The van der Waals surface area contributed by atoms with Gasteiger partial charge in [0.05, 0.1) is 50.9 Å². The second kappa shape index (κ2) is 11.7. The molecule has 0 fully saturated rings. The maximum atomic E-state index is 7.56. The van der Waals surface area contributed by atoms with Gasteiger partial charge in [0.25, 0.3) is 0 Å². The van der Waals surface area contributed by atoms with Crippen molar-refractivity contribution in [1.29, 1.82) is 0 Å². The van der Waals surface area contributed by atoms with Crippen molar-refractivity contribution >= 4 is 32.9 Å². The number of rotatable bonds is 6. The SMILES string of the molecule is COc1ccc2c(c1OC)[C@H](O[C@H]1c3c(ccc(OC)c3OC)-c3ccc4cc5c(cc4c3N1C)OCO5)N(C)c1c-2ccc2cc3c(cc12)OCO3. The third kappa shape index (κ3) is 4.37. The van der Waals surface area contributed by atoms with E-state index in [1.54, 1.807) is 28.4 Å². The topological polar surface area (TPSA) is 89.6 Å². The first-order valence-corrected chi connectivity index (χ1v) is 17.3. The van der Waals surface area contributed by atoms with E-state index in [2.05, 4.69) is 58.3 Å². The van der Waals surface area contributed by atoms with Crippen LogP contribution in [0.2, 0.25) is 0 Å². The fourth-order valence-corrected chi connectivity index (χ4v) is 8.51. The van der Waals surface area contributed by atoms with Gasteiger partial charge in [-0.25, -0.2) is 0 Å². The second-order valence-corrected chi connectivity index (χ2v) is 13.4. The molecule has 4 heterocycles. The third-order valence-corrected chi connectivity index (χ3v) is 10.9. The summed E-state index contributed by atoms with van der Waals surface area (Å²) in [5.41, 5.74) is 7.64. The number of methoxy groups -OCH3 is 4. The summed E-state index contributed by atoms with van der Waals surface area (Å²) in [5.74, 6) is 5.25. The van der Waals surface area contributed by atoms with Gasteiger partial charge in [-0.05, 0) is 70.4 Å². The lowest BCUT2D eigenvalue weighted by Gasteiger charge is -2.45. The van der Waals surface area contributed by atoms with Crippen molar-refractivity contribution in [2.45, 2.75) is 12.5 Å². The first kappa shape index (κ1) is 31.5. The summed E-state index contributed by atoms with van der Waals surface area (Å²) in [6.07, 6.45) is -1.35. The highest BCUT2D eigenvalue weighted by Crippen LogP contribution is 2.58. The molecule has 0 amide bonds. The molecule has 2 atom stereocenters. The van der Waals surface area contributed by atoms with E-state index in [-0.39, 0.29) is 13.6 Å². The highest BCUT2D eigenvalue weighted by Gasteiger charge is 2.42. The van der Waals surface area contributed by atoms with E-state index < -0.39 is 12.5 Å². The van der Waals surface area contributed by atoms with E-state index in [9.17, 15) is 0 Å². The summed E-state index contributed by atoms with van der Waals surface area (Å²) < 4.78 is 54.8. The van der Waals surface area contributed by atoms with Crippen molar-refractivity contribution in [3.63, 3.8) is 0 Å². The molecule has 0 saturated carbocycles. The monoisotopic (exact) mass is 712 g/mol. The molecule has 0 bridgehead atoms. The minimum absolute atomic E-state index is 0.187. The highest BCUT2D eigenvalue weighted by atomic mass is 16.7. The first-order valence-electron chi connectivity index (χ1n) is 17.3. The summed E-state index contributed by atoms with van der Waals surface area (Å²) >= 11 is 0. The molecular formula is C42H36N2O9.